The molecule has 0 fully saturated rings. The van der Waals surface area contributed by atoms with Gasteiger partial charge < -0.3 is 24.8 Å². The lowest BCUT2D eigenvalue weighted by atomic mass is 10.1. The van der Waals surface area contributed by atoms with Crippen molar-refractivity contribution in [2.75, 3.05) is 13.2 Å². The quantitative estimate of drug-likeness (QED) is 0.596. The Morgan fingerprint density at radius 3 is 1.38 bits per heavy atom. The van der Waals surface area contributed by atoms with Gasteiger partial charge in [-0.1, -0.05) is 36.4 Å². The second-order valence-corrected chi connectivity index (χ2v) is 5.55. The Morgan fingerprint density at radius 2 is 1.04 bits per heavy atom. The second-order valence-electron chi connectivity index (χ2n) is 5.55. The van der Waals surface area contributed by atoms with Crippen molar-refractivity contribution < 1.29 is 34.4 Å². The molecule has 2 aromatic carbocycles. The van der Waals surface area contributed by atoms with Gasteiger partial charge in [-0.05, 0) is 24.3 Å². The fraction of sp³-hybridized carbons (Fsp3) is 0.263. The molecule has 0 spiro atoms. The smallest absolute Gasteiger partial charge is 0.338 e. The summed E-state index contributed by atoms with van der Waals surface area (Å²) >= 11 is 0. The average Bonchev–Trinajstić information content (AvgIpc) is 2.70. The van der Waals surface area contributed by atoms with E-state index in [2.05, 4.69) is 0 Å². The third kappa shape index (κ3) is 5.66. The van der Waals surface area contributed by atoms with Gasteiger partial charge in [0.1, 0.15) is 31.5 Å². The van der Waals surface area contributed by atoms with E-state index in [1.807, 2.05) is 0 Å². The highest BCUT2D eigenvalue weighted by molar-refractivity contribution is 5.89. The molecule has 0 aliphatic heterocycles. The van der Waals surface area contributed by atoms with Crippen molar-refractivity contribution in [3.63, 3.8) is 0 Å². The monoisotopic (exact) mass is 360 g/mol. The van der Waals surface area contributed by atoms with E-state index in [9.17, 15) is 24.9 Å². The molecule has 0 aliphatic rings. The Morgan fingerprint density at radius 1 is 0.692 bits per heavy atom. The van der Waals surface area contributed by atoms with E-state index in [4.69, 9.17) is 9.47 Å². The molecule has 0 amide bonds. The van der Waals surface area contributed by atoms with Gasteiger partial charge in [0, 0.05) is 0 Å². The molecule has 0 aliphatic carbocycles. The minimum atomic E-state index is -1.65. The van der Waals surface area contributed by atoms with E-state index < -0.39 is 43.5 Å². The van der Waals surface area contributed by atoms with E-state index in [0.29, 0.717) is 11.1 Å². The summed E-state index contributed by atoms with van der Waals surface area (Å²) in [6, 6.07) is 16.3. The Labute approximate surface area is 150 Å². The summed E-state index contributed by atoms with van der Waals surface area (Å²) in [5.41, 5.74) is 0.595. The van der Waals surface area contributed by atoms with Gasteiger partial charge in [0.15, 0.2) is 0 Å². The van der Waals surface area contributed by atoms with Crippen molar-refractivity contribution in [1.29, 1.82) is 0 Å². The number of rotatable bonds is 8. The summed E-state index contributed by atoms with van der Waals surface area (Å²) in [4.78, 5) is 23.5. The highest BCUT2D eigenvalue weighted by Crippen LogP contribution is 2.07. The van der Waals surface area contributed by atoms with E-state index in [-0.39, 0.29) is 0 Å². The Hall–Kier alpha value is -2.74. The highest BCUT2D eigenvalue weighted by atomic mass is 16.6. The number of benzene rings is 2. The highest BCUT2D eigenvalue weighted by Gasteiger charge is 2.27. The zero-order valence-electron chi connectivity index (χ0n) is 13.9. The minimum absolute atomic E-state index is 0.298. The van der Waals surface area contributed by atoms with Crippen molar-refractivity contribution in [2.45, 2.75) is 18.3 Å². The lowest BCUT2D eigenvalue weighted by Gasteiger charge is -2.22. The standard InChI is InChI=1S/C19H20O7/c20-15(11-25-18(23)13-7-3-1-4-8-13)17(22)16(21)12-26-19(24)14-9-5-2-6-10-14/h1-10,15-17,20-22H,11-12H2/t15-,16+,17?. The van der Waals surface area contributed by atoms with Crippen LogP contribution in [0.2, 0.25) is 0 Å². The summed E-state index contributed by atoms with van der Waals surface area (Å²) in [5, 5.41) is 29.5. The van der Waals surface area contributed by atoms with E-state index >= 15 is 0 Å². The third-order valence-corrected chi connectivity index (χ3v) is 3.58. The fourth-order valence-electron chi connectivity index (χ4n) is 2.09. The van der Waals surface area contributed by atoms with Gasteiger partial charge >= 0.3 is 11.9 Å². The van der Waals surface area contributed by atoms with Crippen LogP contribution in [0.5, 0.6) is 0 Å². The van der Waals surface area contributed by atoms with Crippen LogP contribution in [0.1, 0.15) is 20.7 Å². The van der Waals surface area contributed by atoms with Gasteiger partial charge in [-0.15, -0.1) is 0 Å². The maximum Gasteiger partial charge on any atom is 0.338 e. The van der Waals surface area contributed by atoms with Crippen molar-refractivity contribution in [3.8, 4) is 0 Å². The second kappa shape index (κ2) is 9.67. The first-order valence-electron chi connectivity index (χ1n) is 7.97. The zero-order valence-corrected chi connectivity index (χ0v) is 13.9. The first-order valence-corrected chi connectivity index (χ1v) is 7.97. The fourth-order valence-corrected chi connectivity index (χ4v) is 2.09. The number of carbonyl (C=O) groups is 2. The normalized spacial score (nSPS) is 14.1. The molecule has 0 saturated heterocycles. The van der Waals surface area contributed by atoms with Gasteiger partial charge in [0.2, 0.25) is 0 Å². The van der Waals surface area contributed by atoms with E-state index in [0.717, 1.165) is 0 Å². The van der Waals surface area contributed by atoms with E-state index in [1.165, 1.54) is 0 Å². The number of hydrogen-bond donors (Lipinski definition) is 3. The lowest BCUT2D eigenvalue weighted by Crippen LogP contribution is -2.43. The van der Waals surface area contributed by atoms with Crippen LogP contribution in [0.4, 0.5) is 0 Å². The first-order chi connectivity index (χ1) is 12.5. The van der Waals surface area contributed by atoms with Crippen LogP contribution in [0.25, 0.3) is 0 Å². The molecule has 0 bridgehead atoms. The number of esters is 2. The number of aliphatic hydroxyl groups is 3. The Kier molecular flexibility index (Phi) is 7.28. The number of carbonyl (C=O) groups excluding carboxylic acids is 2. The van der Waals surface area contributed by atoms with Gasteiger partial charge in [-0.2, -0.15) is 0 Å². The first kappa shape index (κ1) is 19.6. The van der Waals surface area contributed by atoms with Crippen LogP contribution < -0.4 is 0 Å². The lowest BCUT2D eigenvalue weighted by molar-refractivity contribution is -0.0948. The van der Waals surface area contributed by atoms with Gasteiger partial charge in [-0.3, -0.25) is 0 Å². The predicted octanol–water partition coefficient (Wildman–Crippen LogP) is 0.783. The number of aliphatic hydroxyl groups excluding tert-OH is 3. The molecule has 7 heteroatoms. The molecule has 26 heavy (non-hydrogen) atoms. The summed E-state index contributed by atoms with van der Waals surface area (Å²) in [5.74, 6) is -1.33. The topological polar surface area (TPSA) is 113 Å². The van der Waals surface area contributed by atoms with Crippen LogP contribution in [0.15, 0.2) is 60.7 Å². The molecule has 0 saturated carbocycles. The Balaban J connectivity index is 1.77. The van der Waals surface area contributed by atoms with Crippen LogP contribution in [-0.2, 0) is 9.47 Å². The molecule has 0 radical (unpaired) electrons. The van der Waals surface area contributed by atoms with Crippen molar-refractivity contribution in [1.82, 2.24) is 0 Å². The van der Waals surface area contributed by atoms with Gasteiger partial charge in [-0.25, -0.2) is 9.59 Å². The zero-order chi connectivity index (χ0) is 18.9. The van der Waals surface area contributed by atoms with Crippen molar-refractivity contribution in [3.05, 3.63) is 71.8 Å². The maximum atomic E-state index is 11.8. The molecular formula is C19H20O7. The third-order valence-electron chi connectivity index (χ3n) is 3.58. The van der Waals surface area contributed by atoms with Crippen LogP contribution >= 0.6 is 0 Å². The van der Waals surface area contributed by atoms with E-state index in [1.54, 1.807) is 60.7 Å². The molecule has 7 nitrogen and oxygen atoms in total. The predicted molar refractivity (Wildman–Crippen MR) is 91.5 cm³/mol. The van der Waals surface area contributed by atoms with Crippen molar-refractivity contribution in [2.24, 2.45) is 0 Å². The molecule has 138 valence electrons. The summed E-state index contributed by atoms with van der Waals surface area (Å²) in [6.45, 7) is -1.03. The minimum Gasteiger partial charge on any atom is -0.459 e. The van der Waals surface area contributed by atoms with Gasteiger partial charge in [0.25, 0.3) is 0 Å². The summed E-state index contributed by atoms with van der Waals surface area (Å²) < 4.78 is 9.78. The molecular weight excluding hydrogens is 340 g/mol. The Bertz CT molecular complexity index is 641. The van der Waals surface area contributed by atoms with Crippen molar-refractivity contribution >= 4 is 11.9 Å². The molecule has 0 aromatic heterocycles. The summed E-state index contributed by atoms with van der Waals surface area (Å²) in [7, 11) is 0. The van der Waals surface area contributed by atoms with Gasteiger partial charge in [0.05, 0.1) is 11.1 Å². The van der Waals surface area contributed by atoms with Crippen LogP contribution in [0.3, 0.4) is 0 Å². The average molecular weight is 360 g/mol. The van der Waals surface area contributed by atoms with Crippen LogP contribution in [0, 0.1) is 0 Å². The molecule has 2 rings (SSSR count). The largest absolute Gasteiger partial charge is 0.459 e. The molecule has 3 N–H and O–H groups in total. The molecule has 1 unspecified atom stereocenters. The molecule has 3 atom stereocenters. The molecule has 2 aromatic rings. The molecule has 0 heterocycles. The number of ether oxygens (including phenoxy) is 2. The summed E-state index contributed by atoms with van der Waals surface area (Å²) in [6.07, 6.45) is -4.72. The maximum absolute atomic E-state index is 11.8. The SMILES string of the molecule is O=C(OC[C@@H](O)C(O)[C@@H](O)COC(=O)c1ccccc1)c1ccccc1. The van der Waals surface area contributed by atoms with Crippen LogP contribution in [-0.4, -0.2) is 58.8 Å². The number of hydrogen-bond acceptors (Lipinski definition) is 7.